The maximum Gasteiger partial charge on any atom is 0.253 e. The summed E-state index contributed by atoms with van der Waals surface area (Å²) in [6.07, 6.45) is 6.36. The zero-order valence-corrected chi connectivity index (χ0v) is 16.9. The van der Waals surface area contributed by atoms with E-state index in [1.54, 1.807) is 12.1 Å². The summed E-state index contributed by atoms with van der Waals surface area (Å²) in [5, 5.41) is 6.54. The van der Waals surface area contributed by atoms with Gasteiger partial charge < -0.3 is 10.6 Å². The molecule has 1 fully saturated rings. The highest BCUT2D eigenvalue weighted by Gasteiger charge is 2.41. The number of amides is 2. The van der Waals surface area contributed by atoms with Gasteiger partial charge in [0.2, 0.25) is 5.91 Å². The summed E-state index contributed by atoms with van der Waals surface area (Å²) >= 11 is 8.14. The first-order valence-electron chi connectivity index (χ1n) is 8.54. The molecule has 0 bridgehead atoms. The number of hydrogen-bond donors (Lipinski definition) is 2. The molecule has 0 spiro atoms. The Kier molecular flexibility index (Phi) is 7.34. The average molecular weight is 463 g/mol. The largest absolute Gasteiger partial charge is 0.354 e. The molecule has 1 aliphatic rings. The lowest BCUT2D eigenvalue weighted by Gasteiger charge is -2.36. The first kappa shape index (κ1) is 19.5. The summed E-state index contributed by atoms with van der Waals surface area (Å²) in [6.45, 7) is 2.74. The van der Waals surface area contributed by atoms with E-state index in [1.807, 2.05) is 6.07 Å². The van der Waals surface area contributed by atoms with Crippen LogP contribution in [0.5, 0.6) is 0 Å². The minimum absolute atomic E-state index is 0.0546. The SMILES string of the molecule is CCCCNC(=O)C1(NC(=O)c2cc(Cl)ccc2I)CCCCC1. The molecule has 0 aromatic heterocycles. The first-order chi connectivity index (χ1) is 11.5. The minimum atomic E-state index is -0.797. The first-order valence-corrected chi connectivity index (χ1v) is 10.00. The number of unbranched alkanes of at least 4 members (excludes halogenated alkanes) is 1. The lowest BCUT2D eigenvalue weighted by atomic mass is 9.80. The van der Waals surface area contributed by atoms with Crippen LogP contribution in [0.1, 0.15) is 62.2 Å². The monoisotopic (exact) mass is 462 g/mol. The summed E-state index contributed by atoms with van der Waals surface area (Å²) in [5.41, 5.74) is -0.275. The molecule has 1 saturated carbocycles. The van der Waals surface area contributed by atoms with Gasteiger partial charge in [0, 0.05) is 15.1 Å². The van der Waals surface area contributed by atoms with Crippen LogP contribution in [0.15, 0.2) is 18.2 Å². The van der Waals surface area contributed by atoms with Crippen molar-refractivity contribution in [3.05, 3.63) is 32.4 Å². The lowest BCUT2D eigenvalue weighted by Crippen LogP contribution is -2.59. The van der Waals surface area contributed by atoms with Crippen molar-refractivity contribution in [2.24, 2.45) is 0 Å². The van der Waals surface area contributed by atoms with Crippen molar-refractivity contribution in [3.8, 4) is 0 Å². The Bertz CT molecular complexity index is 601. The maximum atomic E-state index is 12.8. The van der Waals surface area contributed by atoms with Crippen LogP contribution >= 0.6 is 34.2 Å². The molecule has 0 unspecified atom stereocenters. The number of benzene rings is 1. The van der Waals surface area contributed by atoms with Crippen molar-refractivity contribution >= 4 is 46.0 Å². The Morgan fingerprint density at radius 3 is 2.62 bits per heavy atom. The zero-order valence-electron chi connectivity index (χ0n) is 14.0. The highest BCUT2D eigenvalue weighted by Crippen LogP contribution is 2.29. The summed E-state index contributed by atoms with van der Waals surface area (Å²) in [6, 6.07) is 5.23. The fraction of sp³-hybridized carbons (Fsp3) is 0.556. The van der Waals surface area contributed by atoms with Crippen LogP contribution in [0.2, 0.25) is 5.02 Å². The second-order valence-electron chi connectivity index (χ2n) is 6.33. The van der Waals surface area contributed by atoms with E-state index < -0.39 is 5.54 Å². The normalized spacial score (nSPS) is 16.5. The maximum absolute atomic E-state index is 12.8. The molecule has 0 atom stereocenters. The Morgan fingerprint density at radius 1 is 1.25 bits per heavy atom. The number of nitrogens with one attached hydrogen (secondary N) is 2. The number of carbonyl (C=O) groups is 2. The van der Waals surface area contributed by atoms with Crippen molar-refractivity contribution in [3.63, 3.8) is 0 Å². The Morgan fingerprint density at radius 2 is 1.96 bits per heavy atom. The smallest absolute Gasteiger partial charge is 0.253 e. The molecule has 0 aliphatic heterocycles. The molecule has 0 saturated heterocycles. The molecule has 2 N–H and O–H groups in total. The summed E-state index contributed by atoms with van der Waals surface area (Å²) in [4.78, 5) is 25.5. The van der Waals surface area contributed by atoms with Crippen LogP contribution in [-0.4, -0.2) is 23.9 Å². The molecule has 4 nitrogen and oxygen atoms in total. The van der Waals surface area contributed by atoms with Crippen molar-refractivity contribution in [2.45, 2.75) is 57.4 Å². The van der Waals surface area contributed by atoms with Crippen LogP contribution < -0.4 is 10.6 Å². The van der Waals surface area contributed by atoms with Gasteiger partial charge in [-0.05, 0) is 60.1 Å². The molecule has 1 aromatic carbocycles. The van der Waals surface area contributed by atoms with Crippen LogP contribution in [0.4, 0.5) is 0 Å². The van der Waals surface area contributed by atoms with Crippen LogP contribution in [0, 0.1) is 3.57 Å². The topological polar surface area (TPSA) is 58.2 Å². The van der Waals surface area contributed by atoms with Gasteiger partial charge in [-0.3, -0.25) is 9.59 Å². The second-order valence-corrected chi connectivity index (χ2v) is 7.93. The molecule has 6 heteroatoms. The van der Waals surface area contributed by atoms with E-state index in [0.29, 0.717) is 30.0 Å². The third-order valence-electron chi connectivity index (χ3n) is 4.48. The van der Waals surface area contributed by atoms with Gasteiger partial charge in [0.05, 0.1) is 5.56 Å². The zero-order chi connectivity index (χ0) is 17.6. The molecule has 2 rings (SSSR count). The summed E-state index contributed by atoms with van der Waals surface area (Å²) in [5.74, 6) is -0.282. The quantitative estimate of drug-likeness (QED) is 0.489. The fourth-order valence-electron chi connectivity index (χ4n) is 3.07. The van der Waals surface area contributed by atoms with Gasteiger partial charge in [0.15, 0.2) is 0 Å². The molecular weight excluding hydrogens is 439 g/mol. The molecule has 0 heterocycles. The molecule has 2 amide bonds. The second kappa shape index (κ2) is 9.04. The number of carbonyl (C=O) groups excluding carboxylic acids is 2. The number of rotatable bonds is 6. The Labute approximate surface area is 162 Å². The predicted octanol–water partition coefficient (Wildman–Crippen LogP) is 4.29. The Hall–Kier alpha value is -0.820. The third-order valence-corrected chi connectivity index (χ3v) is 5.66. The predicted molar refractivity (Wildman–Crippen MR) is 105 cm³/mol. The van der Waals surface area contributed by atoms with Crippen LogP contribution in [-0.2, 0) is 4.79 Å². The molecule has 1 aliphatic carbocycles. The minimum Gasteiger partial charge on any atom is -0.354 e. The summed E-state index contributed by atoms with van der Waals surface area (Å²) in [7, 11) is 0. The van der Waals surface area contributed by atoms with E-state index in [0.717, 1.165) is 35.7 Å². The number of halogens is 2. The van der Waals surface area contributed by atoms with Gasteiger partial charge in [-0.25, -0.2) is 0 Å². The standard InChI is InChI=1S/C18H24ClIN2O2/c1-2-3-11-21-17(24)18(9-5-4-6-10-18)22-16(23)14-12-13(19)7-8-15(14)20/h7-8,12H,2-6,9-11H2,1H3,(H,21,24)(H,22,23). The van der Waals surface area contributed by atoms with Gasteiger partial charge in [0.1, 0.15) is 5.54 Å². The molecule has 132 valence electrons. The van der Waals surface area contributed by atoms with E-state index in [1.165, 1.54) is 0 Å². The van der Waals surface area contributed by atoms with Gasteiger partial charge in [0.25, 0.3) is 5.91 Å². The van der Waals surface area contributed by atoms with Crippen molar-refractivity contribution in [1.82, 2.24) is 10.6 Å². The molecular formula is C18H24ClIN2O2. The molecule has 1 aromatic rings. The van der Waals surface area contributed by atoms with Gasteiger partial charge in [-0.2, -0.15) is 0 Å². The van der Waals surface area contributed by atoms with Gasteiger partial charge >= 0.3 is 0 Å². The molecule has 24 heavy (non-hydrogen) atoms. The van der Waals surface area contributed by atoms with Gasteiger partial charge in [-0.15, -0.1) is 0 Å². The summed E-state index contributed by atoms with van der Waals surface area (Å²) < 4.78 is 0.826. The molecule has 0 radical (unpaired) electrons. The Balaban J connectivity index is 2.17. The highest BCUT2D eigenvalue weighted by atomic mass is 127. The van der Waals surface area contributed by atoms with E-state index in [2.05, 4.69) is 40.1 Å². The van der Waals surface area contributed by atoms with Gasteiger partial charge in [-0.1, -0.05) is 44.2 Å². The highest BCUT2D eigenvalue weighted by molar-refractivity contribution is 14.1. The van der Waals surface area contributed by atoms with Crippen molar-refractivity contribution in [2.75, 3.05) is 6.54 Å². The van der Waals surface area contributed by atoms with E-state index in [-0.39, 0.29) is 11.8 Å². The van der Waals surface area contributed by atoms with E-state index >= 15 is 0 Å². The lowest BCUT2D eigenvalue weighted by molar-refractivity contribution is -0.128. The number of hydrogen-bond acceptors (Lipinski definition) is 2. The van der Waals surface area contributed by atoms with Crippen molar-refractivity contribution in [1.29, 1.82) is 0 Å². The average Bonchev–Trinajstić information content (AvgIpc) is 2.58. The third kappa shape index (κ3) is 4.85. The van der Waals surface area contributed by atoms with Crippen LogP contribution in [0.25, 0.3) is 0 Å². The van der Waals surface area contributed by atoms with E-state index in [4.69, 9.17) is 11.6 Å². The van der Waals surface area contributed by atoms with Crippen molar-refractivity contribution < 1.29 is 9.59 Å². The fourth-order valence-corrected chi connectivity index (χ4v) is 3.82. The van der Waals surface area contributed by atoms with E-state index in [9.17, 15) is 9.59 Å². The van der Waals surface area contributed by atoms with Crippen LogP contribution in [0.3, 0.4) is 0 Å².